The minimum Gasteiger partial charge on any atom is -0.192 e. The first-order chi connectivity index (χ1) is 8.72. The zero-order chi connectivity index (χ0) is 13.0. The van der Waals surface area contributed by atoms with Gasteiger partial charge in [0.25, 0.3) is 0 Å². The van der Waals surface area contributed by atoms with Gasteiger partial charge in [-0.3, -0.25) is 0 Å². The van der Waals surface area contributed by atoms with Crippen molar-refractivity contribution in [2.45, 2.75) is 23.1 Å². The molecule has 0 spiro atoms. The van der Waals surface area contributed by atoms with Crippen LogP contribution in [0.1, 0.15) is 18.1 Å². The molecule has 0 aromatic heterocycles. The lowest BCUT2D eigenvalue weighted by molar-refractivity contribution is 1.13. The van der Waals surface area contributed by atoms with Gasteiger partial charge in [-0.05, 0) is 58.2 Å². The molecule has 0 radical (unpaired) electrons. The minimum atomic E-state index is 0.667. The van der Waals surface area contributed by atoms with Crippen LogP contribution in [0.3, 0.4) is 0 Å². The molecule has 0 aliphatic heterocycles. The number of benzene rings is 2. The molecule has 0 amide bonds. The standard InChI is InChI=1S/C15H12BrNS/c1-2-11-3-6-13(7-4-11)18-14-8-5-12(10-17)15(16)9-14/h3-9H,2H2,1H3. The fraction of sp³-hybridized carbons (Fsp3) is 0.133. The van der Waals surface area contributed by atoms with Gasteiger partial charge >= 0.3 is 0 Å². The highest BCUT2D eigenvalue weighted by Gasteiger charge is 2.02. The number of nitriles is 1. The summed E-state index contributed by atoms with van der Waals surface area (Å²) in [4.78, 5) is 2.34. The first-order valence-corrected chi connectivity index (χ1v) is 7.30. The van der Waals surface area contributed by atoms with Gasteiger partial charge in [0.1, 0.15) is 6.07 Å². The van der Waals surface area contributed by atoms with Gasteiger partial charge in [-0.25, -0.2) is 0 Å². The molecule has 3 heteroatoms. The maximum atomic E-state index is 8.87. The second-order valence-electron chi connectivity index (χ2n) is 3.85. The molecule has 0 N–H and O–H groups in total. The van der Waals surface area contributed by atoms with Crippen LogP contribution in [0.25, 0.3) is 0 Å². The van der Waals surface area contributed by atoms with Gasteiger partial charge in [0.2, 0.25) is 0 Å². The van der Waals surface area contributed by atoms with Crippen molar-refractivity contribution in [2.75, 3.05) is 0 Å². The highest BCUT2D eigenvalue weighted by molar-refractivity contribution is 9.10. The third kappa shape index (κ3) is 3.16. The lowest BCUT2D eigenvalue weighted by Gasteiger charge is -2.04. The van der Waals surface area contributed by atoms with Crippen molar-refractivity contribution >= 4 is 27.7 Å². The summed E-state index contributed by atoms with van der Waals surface area (Å²) in [6.07, 6.45) is 1.06. The molecule has 0 aliphatic carbocycles. The molecule has 2 aromatic carbocycles. The van der Waals surface area contributed by atoms with Crippen LogP contribution in [0.2, 0.25) is 0 Å². The fourth-order valence-corrected chi connectivity index (χ4v) is 3.06. The predicted molar refractivity (Wildman–Crippen MR) is 78.8 cm³/mol. The van der Waals surface area contributed by atoms with E-state index in [1.165, 1.54) is 10.5 Å². The molecule has 2 aromatic rings. The monoisotopic (exact) mass is 317 g/mol. The molecule has 0 saturated carbocycles. The van der Waals surface area contributed by atoms with Gasteiger partial charge in [0.15, 0.2) is 0 Å². The maximum Gasteiger partial charge on any atom is 0.100 e. The number of aryl methyl sites for hydroxylation is 1. The third-order valence-corrected chi connectivity index (χ3v) is 4.28. The van der Waals surface area contributed by atoms with Crippen LogP contribution in [-0.4, -0.2) is 0 Å². The van der Waals surface area contributed by atoms with Crippen LogP contribution in [0, 0.1) is 11.3 Å². The molecule has 0 bridgehead atoms. The smallest absolute Gasteiger partial charge is 0.100 e. The van der Waals surface area contributed by atoms with Gasteiger partial charge in [-0.2, -0.15) is 5.26 Å². The van der Waals surface area contributed by atoms with E-state index in [-0.39, 0.29) is 0 Å². The van der Waals surface area contributed by atoms with Gasteiger partial charge in [-0.1, -0.05) is 30.8 Å². The Kier molecular flexibility index (Phi) is 4.46. The summed E-state index contributed by atoms with van der Waals surface area (Å²) in [7, 11) is 0. The average Bonchev–Trinajstić information content (AvgIpc) is 2.40. The quantitative estimate of drug-likeness (QED) is 0.792. The molecule has 1 nitrogen and oxygen atoms in total. The van der Waals surface area contributed by atoms with Crippen molar-refractivity contribution < 1.29 is 0 Å². The molecule has 0 aliphatic rings. The van der Waals surface area contributed by atoms with Gasteiger partial charge in [-0.15, -0.1) is 0 Å². The minimum absolute atomic E-state index is 0.667. The Morgan fingerprint density at radius 3 is 2.33 bits per heavy atom. The third-order valence-electron chi connectivity index (χ3n) is 2.63. The molecule has 2 rings (SSSR count). The molecule has 0 saturated heterocycles. The van der Waals surface area contributed by atoms with Crippen LogP contribution in [0.15, 0.2) is 56.7 Å². The van der Waals surface area contributed by atoms with E-state index in [2.05, 4.69) is 53.2 Å². The summed E-state index contributed by atoms with van der Waals surface area (Å²) in [6.45, 7) is 2.15. The number of nitrogens with zero attached hydrogens (tertiary/aromatic N) is 1. The summed E-state index contributed by atoms with van der Waals surface area (Å²) in [5.41, 5.74) is 2.01. The van der Waals surface area contributed by atoms with Crippen molar-refractivity contribution in [3.05, 3.63) is 58.1 Å². The second kappa shape index (κ2) is 6.08. The van der Waals surface area contributed by atoms with E-state index in [9.17, 15) is 0 Å². The maximum absolute atomic E-state index is 8.87. The molecular formula is C15H12BrNS. The lowest BCUT2D eigenvalue weighted by Crippen LogP contribution is -1.81. The second-order valence-corrected chi connectivity index (χ2v) is 5.85. The van der Waals surface area contributed by atoms with Gasteiger partial charge < -0.3 is 0 Å². The Balaban J connectivity index is 2.18. The van der Waals surface area contributed by atoms with E-state index in [4.69, 9.17) is 5.26 Å². The van der Waals surface area contributed by atoms with E-state index in [1.807, 2.05) is 18.2 Å². The lowest BCUT2D eigenvalue weighted by atomic mass is 10.2. The SMILES string of the molecule is CCc1ccc(Sc2ccc(C#N)c(Br)c2)cc1. The van der Waals surface area contributed by atoms with Crippen molar-refractivity contribution in [1.29, 1.82) is 5.26 Å². The number of rotatable bonds is 3. The molecule has 0 atom stereocenters. The summed E-state index contributed by atoms with van der Waals surface area (Å²) in [6, 6.07) is 16.5. The van der Waals surface area contributed by atoms with Crippen LogP contribution in [0.5, 0.6) is 0 Å². The van der Waals surface area contributed by atoms with Crippen molar-refractivity contribution in [2.24, 2.45) is 0 Å². The first-order valence-electron chi connectivity index (χ1n) is 5.69. The summed E-state index contributed by atoms with van der Waals surface area (Å²) < 4.78 is 0.847. The summed E-state index contributed by atoms with van der Waals surface area (Å²) in [5, 5.41) is 8.87. The van der Waals surface area contributed by atoms with Gasteiger partial charge in [0.05, 0.1) is 5.56 Å². The van der Waals surface area contributed by atoms with Crippen LogP contribution in [0.4, 0.5) is 0 Å². The zero-order valence-electron chi connectivity index (χ0n) is 9.98. The molecular weight excluding hydrogens is 306 g/mol. The number of halogens is 1. The van der Waals surface area contributed by atoms with Crippen molar-refractivity contribution in [3.8, 4) is 6.07 Å². The Hall–Kier alpha value is -1.24. The summed E-state index contributed by atoms with van der Waals surface area (Å²) >= 11 is 5.11. The number of hydrogen-bond acceptors (Lipinski definition) is 2. The van der Waals surface area contributed by atoms with Crippen LogP contribution < -0.4 is 0 Å². The normalized spacial score (nSPS) is 10.1. The Labute approximate surface area is 120 Å². The number of hydrogen-bond donors (Lipinski definition) is 0. The molecule has 18 heavy (non-hydrogen) atoms. The molecule has 0 heterocycles. The average molecular weight is 318 g/mol. The van der Waals surface area contributed by atoms with Crippen LogP contribution in [-0.2, 0) is 6.42 Å². The highest BCUT2D eigenvalue weighted by Crippen LogP contribution is 2.31. The summed E-state index contributed by atoms with van der Waals surface area (Å²) in [5.74, 6) is 0. The topological polar surface area (TPSA) is 23.8 Å². The van der Waals surface area contributed by atoms with E-state index in [0.29, 0.717) is 5.56 Å². The Morgan fingerprint density at radius 1 is 1.11 bits per heavy atom. The fourth-order valence-electron chi connectivity index (χ4n) is 1.58. The van der Waals surface area contributed by atoms with E-state index in [0.717, 1.165) is 15.8 Å². The Morgan fingerprint density at radius 2 is 1.78 bits per heavy atom. The van der Waals surface area contributed by atoms with E-state index >= 15 is 0 Å². The van der Waals surface area contributed by atoms with Crippen LogP contribution >= 0.6 is 27.7 Å². The predicted octanol–water partition coefficient (Wildman–Crippen LogP) is 5.03. The van der Waals surface area contributed by atoms with E-state index in [1.54, 1.807) is 11.8 Å². The Bertz CT molecular complexity index is 584. The van der Waals surface area contributed by atoms with Crippen molar-refractivity contribution in [1.82, 2.24) is 0 Å². The molecule has 90 valence electrons. The molecule has 0 fully saturated rings. The van der Waals surface area contributed by atoms with Crippen molar-refractivity contribution in [3.63, 3.8) is 0 Å². The highest BCUT2D eigenvalue weighted by atomic mass is 79.9. The van der Waals surface area contributed by atoms with Gasteiger partial charge in [0, 0.05) is 14.3 Å². The van der Waals surface area contributed by atoms with E-state index < -0.39 is 0 Å². The zero-order valence-corrected chi connectivity index (χ0v) is 12.4. The largest absolute Gasteiger partial charge is 0.192 e. The molecule has 0 unspecified atom stereocenters. The first kappa shape index (κ1) is 13.2.